The Kier molecular flexibility index (Phi) is 5.90. The molecule has 0 bridgehead atoms. The lowest BCUT2D eigenvalue weighted by atomic mass is 10.1. The maximum atomic E-state index is 12.2. The third-order valence-electron chi connectivity index (χ3n) is 4.73. The van der Waals surface area contributed by atoms with Crippen LogP contribution in [0.4, 0.5) is 5.82 Å². The van der Waals surface area contributed by atoms with Crippen molar-refractivity contribution in [2.45, 2.75) is 19.4 Å². The molecule has 3 aromatic rings. The van der Waals surface area contributed by atoms with Crippen molar-refractivity contribution >= 4 is 34.7 Å². The highest BCUT2D eigenvalue weighted by molar-refractivity contribution is 7.08. The summed E-state index contributed by atoms with van der Waals surface area (Å²) in [4.78, 5) is 19.3. The zero-order valence-electron chi connectivity index (χ0n) is 15.3. The first-order valence-corrected chi connectivity index (χ1v) is 10.6. The highest BCUT2D eigenvalue weighted by Crippen LogP contribution is 2.25. The summed E-state index contributed by atoms with van der Waals surface area (Å²) in [5.41, 5.74) is 9.39. The van der Waals surface area contributed by atoms with Gasteiger partial charge in [0.25, 0.3) is 5.91 Å². The summed E-state index contributed by atoms with van der Waals surface area (Å²) in [5.74, 6) is 0.436. The lowest BCUT2D eigenvalue weighted by molar-refractivity contribution is 0.0963. The second-order valence-corrected chi connectivity index (χ2v) is 8.03. The van der Waals surface area contributed by atoms with Gasteiger partial charge in [0.1, 0.15) is 5.82 Å². The summed E-state index contributed by atoms with van der Waals surface area (Å²) in [6.07, 6.45) is 2.47. The molecular formula is C21H21ClN4OS. The molecule has 5 nitrogen and oxygen atoms in total. The summed E-state index contributed by atoms with van der Waals surface area (Å²) >= 11 is 7.52. The quantitative estimate of drug-likeness (QED) is 0.570. The summed E-state index contributed by atoms with van der Waals surface area (Å²) in [6.45, 7) is 3.00. The van der Waals surface area contributed by atoms with Gasteiger partial charge in [0.05, 0.1) is 11.3 Å². The average molecular weight is 413 g/mol. The number of pyridine rings is 1. The van der Waals surface area contributed by atoms with E-state index in [4.69, 9.17) is 16.6 Å². The van der Waals surface area contributed by atoms with E-state index < -0.39 is 0 Å². The summed E-state index contributed by atoms with van der Waals surface area (Å²) in [7, 11) is 0. The van der Waals surface area contributed by atoms with Gasteiger partial charge in [0.2, 0.25) is 0 Å². The minimum atomic E-state index is -0.180. The summed E-state index contributed by atoms with van der Waals surface area (Å²) < 4.78 is 0. The predicted octanol–water partition coefficient (Wildman–Crippen LogP) is 4.82. The number of hydrazine groups is 1. The van der Waals surface area contributed by atoms with Gasteiger partial charge in [-0.05, 0) is 72.8 Å². The number of benzene rings is 1. The molecule has 4 rings (SSSR count). The first-order valence-electron chi connectivity index (χ1n) is 9.25. The number of thiophene rings is 1. The number of nitrogens with one attached hydrogen (secondary N) is 2. The molecule has 1 fully saturated rings. The fraction of sp³-hybridized carbons (Fsp3) is 0.238. The van der Waals surface area contributed by atoms with Gasteiger partial charge in [-0.25, -0.2) is 4.98 Å². The molecule has 0 spiro atoms. The number of hydrogen-bond donors (Lipinski definition) is 2. The topological polar surface area (TPSA) is 57.3 Å². The van der Waals surface area contributed by atoms with Crippen molar-refractivity contribution in [3.8, 4) is 11.1 Å². The van der Waals surface area contributed by atoms with E-state index in [1.165, 1.54) is 24.2 Å². The molecule has 2 N–H and O–H groups in total. The predicted molar refractivity (Wildman–Crippen MR) is 115 cm³/mol. The van der Waals surface area contributed by atoms with Gasteiger partial charge in [0, 0.05) is 16.9 Å². The van der Waals surface area contributed by atoms with Crippen LogP contribution < -0.4 is 10.9 Å². The van der Waals surface area contributed by atoms with Crippen LogP contribution in [0.15, 0.2) is 53.2 Å². The number of anilines is 1. The van der Waals surface area contributed by atoms with Gasteiger partial charge in [-0.1, -0.05) is 23.7 Å². The molecule has 1 aliphatic rings. The van der Waals surface area contributed by atoms with Crippen molar-refractivity contribution in [2.75, 3.05) is 18.5 Å². The third-order valence-corrected chi connectivity index (χ3v) is 5.66. The largest absolute Gasteiger partial charge is 0.298 e. The maximum Gasteiger partial charge on any atom is 0.270 e. The van der Waals surface area contributed by atoms with Crippen molar-refractivity contribution in [1.29, 1.82) is 0 Å². The van der Waals surface area contributed by atoms with E-state index in [0.717, 1.165) is 36.5 Å². The number of carbonyl (C=O) groups is 1. The van der Waals surface area contributed by atoms with E-state index in [2.05, 4.69) is 21.8 Å². The van der Waals surface area contributed by atoms with E-state index in [-0.39, 0.29) is 5.91 Å². The molecule has 28 heavy (non-hydrogen) atoms. The fourth-order valence-corrected chi connectivity index (χ4v) is 4.06. The Morgan fingerprint density at radius 2 is 1.89 bits per heavy atom. The van der Waals surface area contributed by atoms with Crippen LogP contribution in [0, 0.1) is 0 Å². The summed E-state index contributed by atoms with van der Waals surface area (Å²) in [5, 5.41) is 4.40. The van der Waals surface area contributed by atoms with E-state index >= 15 is 0 Å². The van der Waals surface area contributed by atoms with Crippen molar-refractivity contribution in [1.82, 2.24) is 15.3 Å². The fourth-order valence-electron chi connectivity index (χ4n) is 3.30. The molecule has 1 aromatic carbocycles. The third kappa shape index (κ3) is 4.70. The van der Waals surface area contributed by atoms with Crippen LogP contribution in [-0.2, 0) is 6.54 Å². The van der Waals surface area contributed by atoms with Crippen LogP contribution in [0.1, 0.15) is 28.9 Å². The van der Waals surface area contributed by atoms with Crippen LogP contribution in [-0.4, -0.2) is 28.9 Å². The first-order chi connectivity index (χ1) is 13.7. The normalized spacial score (nSPS) is 14.2. The molecule has 1 saturated heterocycles. The second kappa shape index (κ2) is 8.73. The Labute approximate surface area is 173 Å². The lowest BCUT2D eigenvalue weighted by Crippen LogP contribution is -2.29. The average Bonchev–Trinajstić information content (AvgIpc) is 3.41. The molecule has 0 radical (unpaired) electrons. The Morgan fingerprint density at radius 1 is 1.11 bits per heavy atom. The highest BCUT2D eigenvalue weighted by Gasteiger charge is 2.14. The van der Waals surface area contributed by atoms with Crippen molar-refractivity contribution < 1.29 is 4.79 Å². The van der Waals surface area contributed by atoms with Crippen LogP contribution in [0.5, 0.6) is 0 Å². The van der Waals surface area contributed by atoms with Gasteiger partial charge in [-0.15, -0.1) is 0 Å². The van der Waals surface area contributed by atoms with Gasteiger partial charge in [-0.3, -0.25) is 20.5 Å². The lowest BCUT2D eigenvalue weighted by Gasteiger charge is -2.16. The minimum absolute atomic E-state index is 0.180. The number of hydrogen-bond acceptors (Lipinski definition) is 5. The Bertz CT molecular complexity index is 938. The van der Waals surface area contributed by atoms with Crippen LogP contribution in [0.2, 0.25) is 5.02 Å². The molecule has 1 aliphatic heterocycles. The standard InChI is InChI=1S/C21H21ClN4OS/c22-18-5-3-15(4-6-18)17-11-19(13-26-8-1-2-9-26)23-20(12-17)24-25-21(27)16-7-10-28-14-16/h3-7,10-12,14H,1-2,8-9,13H2,(H,23,24)(H,25,27). The molecule has 0 unspecified atom stereocenters. The Hall–Kier alpha value is -2.41. The van der Waals surface area contributed by atoms with Gasteiger partial charge in [-0.2, -0.15) is 11.3 Å². The van der Waals surface area contributed by atoms with Crippen LogP contribution >= 0.6 is 22.9 Å². The molecule has 2 aromatic heterocycles. The number of halogens is 1. The molecule has 3 heterocycles. The Balaban J connectivity index is 1.57. The minimum Gasteiger partial charge on any atom is -0.298 e. The van der Waals surface area contributed by atoms with E-state index in [1.54, 1.807) is 6.07 Å². The number of amides is 1. The molecule has 0 aliphatic carbocycles. The maximum absolute atomic E-state index is 12.2. The Morgan fingerprint density at radius 3 is 2.61 bits per heavy atom. The number of carbonyl (C=O) groups excluding carboxylic acids is 1. The molecule has 144 valence electrons. The van der Waals surface area contributed by atoms with E-state index in [9.17, 15) is 4.79 Å². The summed E-state index contributed by atoms with van der Waals surface area (Å²) in [6, 6.07) is 13.6. The monoisotopic (exact) mass is 412 g/mol. The highest BCUT2D eigenvalue weighted by atomic mass is 35.5. The van der Waals surface area contributed by atoms with Crippen LogP contribution in [0.3, 0.4) is 0 Å². The van der Waals surface area contributed by atoms with E-state index in [1.807, 2.05) is 41.1 Å². The molecular weight excluding hydrogens is 392 g/mol. The molecule has 0 atom stereocenters. The van der Waals surface area contributed by atoms with Gasteiger partial charge >= 0.3 is 0 Å². The number of likely N-dealkylation sites (tertiary alicyclic amines) is 1. The zero-order chi connectivity index (χ0) is 19.3. The zero-order valence-corrected chi connectivity index (χ0v) is 16.9. The van der Waals surface area contributed by atoms with E-state index in [0.29, 0.717) is 16.4 Å². The van der Waals surface area contributed by atoms with Crippen molar-refractivity contribution in [3.05, 3.63) is 69.5 Å². The molecule has 0 saturated carbocycles. The SMILES string of the molecule is O=C(NNc1cc(-c2ccc(Cl)cc2)cc(CN2CCCC2)n1)c1ccsc1. The van der Waals surface area contributed by atoms with Crippen molar-refractivity contribution in [3.63, 3.8) is 0 Å². The molecule has 1 amide bonds. The second-order valence-electron chi connectivity index (χ2n) is 6.81. The van der Waals surface area contributed by atoms with Crippen LogP contribution in [0.25, 0.3) is 11.1 Å². The van der Waals surface area contributed by atoms with Gasteiger partial charge in [0.15, 0.2) is 0 Å². The first kappa shape index (κ1) is 18.9. The number of aromatic nitrogens is 1. The number of nitrogens with zero attached hydrogens (tertiary/aromatic N) is 2. The molecule has 7 heteroatoms. The smallest absolute Gasteiger partial charge is 0.270 e. The van der Waals surface area contributed by atoms with Gasteiger partial charge < -0.3 is 0 Å². The number of rotatable bonds is 6. The van der Waals surface area contributed by atoms with Crippen molar-refractivity contribution in [2.24, 2.45) is 0 Å².